The van der Waals surface area contributed by atoms with Gasteiger partial charge in [-0.1, -0.05) is 6.58 Å². The lowest BCUT2D eigenvalue weighted by molar-refractivity contribution is -0.878. The zero-order chi connectivity index (χ0) is 8.16. The number of quaternary nitrogens is 1. The van der Waals surface area contributed by atoms with E-state index >= 15 is 0 Å². The van der Waals surface area contributed by atoms with Crippen LogP contribution in [0, 0.1) is 0 Å². The molecule has 1 rings (SSSR count). The minimum atomic E-state index is 1.06. The second kappa shape index (κ2) is 3.72. The van der Waals surface area contributed by atoms with Gasteiger partial charge >= 0.3 is 0 Å². The smallest absolute Gasteiger partial charge is 0.101 e. The van der Waals surface area contributed by atoms with Gasteiger partial charge in [0, 0.05) is 0 Å². The van der Waals surface area contributed by atoms with Crippen LogP contribution in [-0.4, -0.2) is 24.1 Å². The second-order valence-corrected chi connectivity index (χ2v) is 3.38. The van der Waals surface area contributed by atoms with E-state index in [-0.39, 0.29) is 0 Å². The van der Waals surface area contributed by atoms with E-state index in [4.69, 9.17) is 0 Å². The van der Waals surface area contributed by atoms with E-state index in [2.05, 4.69) is 19.4 Å². The van der Waals surface area contributed by atoms with Gasteiger partial charge in [0.05, 0.1) is 19.3 Å². The van der Waals surface area contributed by atoms with Crippen molar-refractivity contribution in [2.24, 2.45) is 0 Å². The molecule has 62 valence electrons. The van der Waals surface area contributed by atoms with Gasteiger partial charge in [-0.15, -0.1) is 0 Å². The molecule has 0 aromatic heterocycles. The van der Waals surface area contributed by atoms with Gasteiger partial charge < -0.3 is 0 Å². The number of hydrogen-bond acceptors (Lipinski definition) is 0. The number of piperidine rings is 1. The molecule has 1 heterocycles. The van der Waals surface area contributed by atoms with Crippen LogP contribution in [0.3, 0.4) is 0 Å². The van der Waals surface area contributed by atoms with Gasteiger partial charge in [-0.05, 0) is 31.9 Å². The van der Waals surface area contributed by atoms with Crippen LogP contribution < -0.4 is 0 Å². The molecule has 0 unspecified atom stereocenters. The first-order valence-electron chi connectivity index (χ1n) is 4.43. The average Bonchev–Trinajstić information content (AvgIpc) is 2.07. The van der Waals surface area contributed by atoms with Crippen molar-refractivity contribution in [3.05, 3.63) is 25.4 Å². The zero-order valence-electron chi connectivity index (χ0n) is 7.26. The summed E-state index contributed by atoms with van der Waals surface area (Å²) in [4.78, 5) is 0. The van der Waals surface area contributed by atoms with Crippen molar-refractivity contribution >= 4 is 0 Å². The summed E-state index contributed by atoms with van der Waals surface area (Å²) in [5.41, 5.74) is 0. The minimum absolute atomic E-state index is 1.06. The third kappa shape index (κ3) is 1.93. The van der Waals surface area contributed by atoms with Gasteiger partial charge in [-0.2, -0.15) is 0 Å². The standard InChI is InChI=1S/C10H18N/c1-3-8-11(4-2)9-6-5-7-10-11/h3-4H,1-2,5-10H2/q+1. The third-order valence-electron chi connectivity index (χ3n) is 2.59. The predicted octanol–water partition coefficient (Wildman–Crippen LogP) is 2.32. The summed E-state index contributed by atoms with van der Waals surface area (Å²) in [7, 11) is 0. The Morgan fingerprint density at radius 1 is 1.09 bits per heavy atom. The molecule has 1 saturated heterocycles. The summed E-state index contributed by atoms with van der Waals surface area (Å²) in [6, 6.07) is 0. The van der Waals surface area contributed by atoms with E-state index in [1.807, 2.05) is 6.08 Å². The van der Waals surface area contributed by atoms with Crippen molar-refractivity contribution < 1.29 is 4.48 Å². The molecule has 1 heteroatoms. The summed E-state index contributed by atoms with van der Waals surface area (Å²) in [6.07, 6.45) is 8.18. The predicted molar refractivity (Wildman–Crippen MR) is 49.1 cm³/mol. The molecule has 0 spiro atoms. The number of hydrogen-bond donors (Lipinski definition) is 0. The Morgan fingerprint density at radius 2 is 1.73 bits per heavy atom. The van der Waals surface area contributed by atoms with Crippen LogP contribution in [0.1, 0.15) is 19.3 Å². The molecule has 11 heavy (non-hydrogen) atoms. The summed E-state index contributed by atoms with van der Waals surface area (Å²) >= 11 is 0. The molecule has 0 aromatic carbocycles. The first kappa shape index (κ1) is 8.54. The van der Waals surface area contributed by atoms with Crippen LogP contribution in [0.2, 0.25) is 0 Å². The highest BCUT2D eigenvalue weighted by Gasteiger charge is 2.24. The Morgan fingerprint density at radius 3 is 2.18 bits per heavy atom. The van der Waals surface area contributed by atoms with Crippen molar-refractivity contribution in [1.29, 1.82) is 0 Å². The molecule has 0 radical (unpaired) electrons. The Labute approximate surface area is 69.6 Å². The molecular formula is C10H18N+. The first-order chi connectivity index (χ1) is 5.33. The van der Waals surface area contributed by atoms with Crippen LogP contribution in [0.5, 0.6) is 0 Å². The highest BCUT2D eigenvalue weighted by atomic mass is 15.3. The monoisotopic (exact) mass is 152 g/mol. The third-order valence-corrected chi connectivity index (χ3v) is 2.59. The lowest BCUT2D eigenvalue weighted by atomic mass is 10.1. The second-order valence-electron chi connectivity index (χ2n) is 3.38. The highest BCUT2D eigenvalue weighted by Crippen LogP contribution is 2.18. The van der Waals surface area contributed by atoms with E-state index in [9.17, 15) is 0 Å². The summed E-state index contributed by atoms with van der Waals surface area (Å²) in [5, 5.41) is 0. The average molecular weight is 152 g/mol. The summed E-state index contributed by atoms with van der Waals surface area (Å²) in [5.74, 6) is 0. The Hall–Kier alpha value is -0.560. The molecule has 0 amide bonds. The summed E-state index contributed by atoms with van der Waals surface area (Å²) in [6.45, 7) is 11.3. The number of nitrogens with zero attached hydrogens (tertiary/aromatic N) is 1. The minimum Gasteiger partial charge on any atom is -0.295 e. The number of rotatable bonds is 3. The van der Waals surface area contributed by atoms with Crippen molar-refractivity contribution in [2.75, 3.05) is 19.6 Å². The lowest BCUT2D eigenvalue weighted by Crippen LogP contribution is -2.46. The molecule has 0 saturated carbocycles. The van der Waals surface area contributed by atoms with Crippen molar-refractivity contribution in [3.8, 4) is 0 Å². The van der Waals surface area contributed by atoms with Gasteiger partial charge in [0.2, 0.25) is 0 Å². The lowest BCUT2D eigenvalue weighted by Gasteiger charge is -2.36. The largest absolute Gasteiger partial charge is 0.295 e. The molecule has 0 N–H and O–H groups in total. The quantitative estimate of drug-likeness (QED) is 0.430. The molecule has 0 aromatic rings. The Balaban J connectivity index is 2.56. The van der Waals surface area contributed by atoms with Gasteiger partial charge in [0.15, 0.2) is 0 Å². The zero-order valence-corrected chi connectivity index (χ0v) is 7.26. The molecule has 1 fully saturated rings. The van der Waals surface area contributed by atoms with Crippen molar-refractivity contribution in [2.45, 2.75) is 19.3 Å². The van der Waals surface area contributed by atoms with Crippen molar-refractivity contribution in [3.63, 3.8) is 0 Å². The highest BCUT2D eigenvalue weighted by molar-refractivity contribution is 4.72. The van der Waals surface area contributed by atoms with E-state index < -0.39 is 0 Å². The Bertz CT molecular complexity index is 143. The fourth-order valence-corrected chi connectivity index (χ4v) is 1.84. The molecule has 1 nitrogen and oxygen atoms in total. The van der Waals surface area contributed by atoms with Crippen LogP contribution in [0.15, 0.2) is 25.4 Å². The van der Waals surface area contributed by atoms with Crippen LogP contribution in [0.4, 0.5) is 0 Å². The van der Waals surface area contributed by atoms with Crippen molar-refractivity contribution in [1.82, 2.24) is 0 Å². The van der Waals surface area contributed by atoms with E-state index in [0.29, 0.717) is 0 Å². The first-order valence-corrected chi connectivity index (χ1v) is 4.43. The van der Waals surface area contributed by atoms with E-state index in [0.717, 1.165) is 11.0 Å². The molecule has 1 aliphatic rings. The van der Waals surface area contributed by atoms with E-state index in [1.165, 1.54) is 32.4 Å². The van der Waals surface area contributed by atoms with Gasteiger partial charge in [-0.3, -0.25) is 4.48 Å². The van der Waals surface area contributed by atoms with Crippen LogP contribution in [0.25, 0.3) is 0 Å². The molecule has 0 atom stereocenters. The van der Waals surface area contributed by atoms with Gasteiger partial charge in [-0.25, -0.2) is 0 Å². The normalized spacial score (nSPS) is 22.5. The summed E-state index contributed by atoms with van der Waals surface area (Å²) < 4.78 is 1.06. The van der Waals surface area contributed by atoms with Crippen LogP contribution >= 0.6 is 0 Å². The maximum atomic E-state index is 3.90. The topological polar surface area (TPSA) is 0 Å². The van der Waals surface area contributed by atoms with Gasteiger partial charge in [0.25, 0.3) is 0 Å². The molecule has 0 aliphatic carbocycles. The molecule has 1 aliphatic heterocycles. The fourth-order valence-electron chi connectivity index (χ4n) is 1.84. The number of likely N-dealkylation sites (tertiary alicyclic amines) is 1. The SMILES string of the molecule is C=CC[N+]1(C=C)CCCCC1. The van der Waals surface area contributed by atoms with E-state index in [1.54, 1.807) is 0 Å². The fraction of sp³-hybridized carbons (Fsp3) is 0.600. The maximum Gasteiger partial charge on any atom is 0.101 e. The maximum absolute atomic E-state index is 3.90. The van der Waals surface area contributed by atoms with Gasteiger partial charge in [0.1, 0.15) is 6.54 Å². The van der Waals surface area contributed by atoms with Crippen LogP contribution in [-0.2, 0) is 0 Å². The molecular weight excluding hydrogens is 134 g/mol. The Kier molecular flexibility index (Phi) is 2.89. The molecule has 0 bridgehead atoms.